The second-order valence-electron chi connectivity index (χ2n) is 13.7. The molecule has 0 bridgehead atoms. The summed E-state index contributed by atoms with van der Waals surface area (Å²) in [5.41, 5.74) is 0. The summed E-state index contributed by atoms with van der Waals surface area (Å²) in [7, 11) is -7.25. The summed E-state index contributed by atoms with van der Waals surface area (Å²) in [6.45, 7) is 50.2. The van der Waals surface area contributed by atoms with Crippen LogP contribution in [0.3, 0.4) is 0 Å². The zero-order chi connectivity index (χ0) is 57.3. The Balaban J connectivity index is -0.0000000954. The molecule has 450 valence electrons. The van der Waals surface area contributed by atoms with Crippen LogP contribution in [0.5, 0.6) is 0 Å². The number of halogens is 1. The molecule has 0 aliphatic carbocycles. The summed E-state index contributed by atoms with van der Waals surface area (Å²) in [5, 5.41) is 30.3. The van der Waals surface area contributed by atoms with Crippen LogP contribution >= 0.6 is 11.6 Å². The van der Waals surface area contributed by atoms with Crippen molar-refractivity contribution >= 4 is 38.0 Å². The number of hydrogen-bond donors (Lipinski definition) is 4. The Morgan fingerprint density at radius 3 is 0.569 bits per heavy atom. The minimum Gasteiger partial charge on any atom is -0.397 e. The summed E-state index contributed by atoms with van der Waals surface area (Å²) in [6, 6.07) is 2.48. The third-order valence-electron chi connectivity index (χ3n) is 7.54. The summed E-state index contributed by atoms with van der Waals surface area (Å²) in [4.78, 5) is 0. The van der Waals surface area contributed by atoms with Gasteiger partial charge in [0, 0.05) is 163 Å². The molecule has 0 aromatic heterocycles. The van der Waals surface area contributed by atoms with Gasteiger partial charge in [0.1, 0.15) is 0 Å². The molecule has 0 aromatic rings. The highest BCUT2D eigenvalue weighted by molar-refractivity contribution is 6.61. The second-order valence-corrected chi connectivity index (χ2v) is 22.3. The molecule has 0 radical (unpaired) electrons. The summed E-state index contributed by atoms with van der Waals surface area (Å²) < 4.78 is 72.1. The molecule has 0 fully saturated rings. The van der Waals surface area contributed by atoms with Gasteiger partial charge in [-0.05, 0) is 150 Å². The van der Waals surface area contributed by atoms with Crippen LogP contribution in [0.15, 0.2) is 0 Å². The highest BCUT2D eigenvalue weighted by Crippen LogP contribution is 2.20. The van der Waals surface area contributed by atoms with Crippen LogP contribution in [0.2, 0.25) is 18.1 Å². The first-order valence-corrected chi connectivity index (χ1v) is 34.1. The molecular weight excluding hydrogens is 1000 g/mol. The first-order chi connectivity index (χ1) is 34.7. The number of rotatable bonds is 39. The quantitative estimate of drug-likeness (QED) is 0.0257. The van der Waals surface area contributed by atoms with Crippen molar-refractivity contribution in [1.29, 1.82) is 0 Å². The molecule has 0 saturated carbocycles. The van der Waals surface area contributed by atoms with Gasteiger partial charge in [-0.15, -0.1) is 11.6 Å². The summed E-state index contributed by atoms with van der Waals surface area (Å²) in [6.07, 6.45) is 7.62. The second kappa shape index (κ2) is 87.9. The molecule has 0 rings (SSSR count). The maximum atomic E-state index is 7.57. The van der Waals surface area contributed by atoms with E-state index in [0.29, 0.717) is 65.3 Å². The number of aliphatic hydroxyl groups excluding tert-OH is 4. The first kappa shape index (κ1) is 91.7. The molecule has 0 aromatic carbocycles. The van der Waals surface area contributed by atoms with Crippen LogP contribution in [0.25, 0.3) is 0 Å². The minimum absolute atomic E-state index is 0.250. The van der Waals surface area contributed by atoms with Crippen molar-refractivity contribution in [2.45, 2.75) is 195 Å². The van der Waals surface area contributed by atoms with Gasteiger partial charge in [-0.1, -0.05) is 26.7 Å². The van der Waals surface area contributed by atoms with Gasteiger partial charge in [0.2, 0.25) is 0 Å². The summed E-state index contributed by atoms with van der Waals surface area (Å²) in [5.74, 6) is 0.627. The molecular formula is C51H125ClO17Si3. The Hall–Kier alpha value is 0.261. The Bertz CT molecular complexity index is 717. The largest absolute Gasteiger partial charge is 0.501 e. The van der Waals surface area contributed by atoms with E-state index in [1.807, 2.05) is 90.0 Å². The molecule has 0 spiro atoms. The van der Waals surface area contributed by atoms with Gasteiger partial charge >= 0.3 is 26.4 Å². The fraction of sp³-hybridized carbons (Fsp3) is 1.00. The zero-order valence-corrected chi connectivity index (χ0v) is 54.4. The standard InChI is InChI=1S/2C11H26O4Si.C9H21ClO3Si.2C6H14O.4C2H6O/c2*1-5-12-10-9-11-16(13-6-2,14-7-3)15-8-4;1-4-11-14(12-5-2,13-6-3)9-7-8-10;2*1-3-5-6-7-4-2;4*1-2-3/h2*5-11H2,1-4H3;4-9H2,1-3H3;2*3-6H2,1-2H3;4*3H,2H2,1H3. The van der Waals surface area contributed by atoms with Gasteiger partial charge in [-0.3, -0.25) is 0 Å². The van der Waals surface area contributed by atoms with Crippen LogP contribution in [0, 0.1) is 0 Å². The van der Waals surface area contributed by atoms with Gasteiger partial charge in [0.15, 0.2) is 0 Å². The van der Waals surface area contributed by atoms with Crippen molar-refractivity contribution in [3.05, 3.63) is 0 Å². The van der Waals surface area contributed by atoms with Gasteiger partial charge < -0.3 is 79.2 Å². The van der Waals surface area contributed by atoms with Crippen LogP contribution in [0.1, 0.15) is 176 Å². The SMILES string of the molecule is CCCCOCC.CCCCOCC.CCO.CCO.CCO.CCO.CCOCCC[Si](OCC)(OCC)OCC.CCOCCC[Si](OCC)(OCC)OCC.CCO[Si](CCCCl)(OCC)OCC. The maximum Gasteiger partial charge on any atom is 0.501 e. The molecule has 0 aliphatic rings. The molecule has 0 aliphatic heterocycles. The smallest absolute Gasteiger partial charge is 0.397 e. The van der Waals surface area contributed by atoms with Crippen molar-refractivity contribution in [1.82, 2.24) is 0 Å². The van der Waals surface area contributed by atoms with E-state index in [4.69, 9.17) is 90.8 Å². The number of hydrogen-bond acceptors (Lipinski definition) is 17. The number of aliphatic hydroxyl groups is 4. The topological polar surface area (TPSA) is 201 Å². The lowest BCUT2D eigenvalue weighted by molar-refractivity contribution is 0.0660. The van der Waals surface area contributed by atoms with Crippen LogP contribution < -0.4 is 0 Å². The molecule has 4 N–H and O–H groups in total. The Morgan fingerprint density at radius 1 is 0.264 bits per heavy atom. The van der Waals surface area contributed by atoms with E-state index in [0.717, 1.165) is 90.2 Å². The van der Waals surface area contributed by atoms with Gasteiger partial charge in [-0.2, -0.15) is 0 Å². The predicted molar refractivity (Wildman–Crippen MR) is 308 cm³/mol. The third-order valence-corrected chi connectivity index (χ3v) is 17.3. The van der Waals surface area contributed by atoms with E-state index >= 15 is 0 Å². The van der Waals surface area contributed by atoms with E-state index in [1.165, 1.54) is 25.7 Å². The normalized spacial score (nSPS) is 10.5. The minimum atomic E-state index is -2.43. The zero-order valence-electron chi connectivity index (χ0n) is 50.6. The lowest BCUT2D eigenvalue weighted by Crippen LogP contribution is -2.46. The van der Waals surface area contributed by atoms with E-state index in [-0.39, 0.29) is 26.4 Å². The van der Waals surface area contributed by atoms with Crippen molar-refractivity contribution in [3.63, 3.8) is 0 Å². The van der Waals surface area contributed by atoms with Crippen LogP contribution in [0.4, 0.5) is 0 Å². The molecule has 0 heterocycles. The van der Waals surface area contributed by atoms with Crippen molar-refractivity contribution in [2.75, 3.05) is 145 Å². The average Bonchev–Trinajstić information content (AvgIpc) is 3.34. The molecule has 21 heteroatoms. The van der Waals surface area contributed by atoms with Gasteiger partial charge in [0.05, 0.1) is 0 Å². The van der Waals surface area contributed by atoms with Crippen LogP contribution in [-0.4, -0.2) is 191 Å². The molecule has 0 atom stereocenters. The lowest BCUT2D eigenvalue weighted by Gasteiger charge is -2.28. The number of ether oxygens (including phenoxy) is 4. The van der Waals surface area contributed by atoms with E-state index < -0.39 is 26.4 Å². The third kappa shape index (κ3) is 84.2. The van der Waals surface area contributed by atoms with Crippen molar-refractivity contribution < 1.29 is 79.2 Å². The monoisotopic (exact) mass is 1130 g/mol. The fourth-order valence-electron chi connectivity index (χ4n) is 5.14. The van der Waals surface area contributed by atoms with Crippen molar-refractivity contribution in [3.8, 4) is 0 Å². The molecule has 0 saturated heterocycles. The first-order valence-electron chi connectivity index (χ1n) is 27.8. The maximum absolute atomic E-state index is 7.57. The van der Waals surface area contributed by atoms with E-state index in [1.54, 1.807) is 27.7 Å². The fourth-order valence-corrected chi connectivity index (χ4v) is 13.3. The van der Waals surface area contributed by atoms with E-state index in [2.05, 4.69) is 13.8 Å². The Labute approximate surface area is 454 Å². The van der Waals surface area contributed by atoms with E-state index in [9.17, 15) is 0 Å². The summed E-state index contributed by atoms with van der Waals surface area (Å²) >= 11 is 5.66. The van der Waals surface area contributed by atoms with Gasteiger partial charge in [-0.25, -0.2) is 0 Å². The van der Waals surface area contributed by atoms with Crippen molar-refractivity contribution in [2.24, 2.45) is 0 Å². The predicted octanol–water partition coefficient (Wildman–Crippen LogP) is 11.2. The highest BCUT2D eigenvalue weighted by Gasteiger charge is 2.41. The molecule has 0 unspecified atom stereocenters. The van der Waals surface area contributed by atoms with Crippen LogP contribution in [-0.2, 0) is 58.8 Å². The lowest BCUT2D eigenvalue weighted by atomic mass is 10.4. The molecule has 72 heavy (non-hydrogen) atoms. The Morgan fingerprint density at radius 2 is 0.431 bits per heavy atom. The molecule has 17 nitrogen and oxygen atoms in total. The number of unbranched alkanes of at least 4 members (excludes halogenated alkanes) is 2. The molecule has 0 amide bonds. The highest BCUT2D eigenvalue weighted by atomic mass is 35.5. The van der Waals surface area contributed by atoms with Gasteiger partial charge in [0.25, 0.3) is 0 Å². The average molecular weight is 1130 g/mol. The Kier molecular flexibility index (Phi) is 112. The number of alkyl halides is 1.